The van der Waals surface area contributed by atoms with Gasteiger partial charge in [-0.25, -0.2) is 0 Å². The molecule has 0 saturated carbocycles. The van der Waals surface area contributed by atoms with E-state index in [-0.39, 0.29) is 5.78 Å². The van der Waals surface area contributed by atoms with Gasteiger partial charge >= 0.3 is 5.97 Å². The molecule has 94 valence electrons. The van der Waals surface area contributed by atoms with Crippen molar-refractivity contribution in [2.75, 3.05) is 6.54 Å². The summed E-state index contributed by atoms with van der Waals surface area (Å²) >= 11 is 0. The number of nitrogens with one attached hydrogen (secondary N) is 1. The summed E-state index contributed by atoms with van der Waals surface area (Å²) < 4.78 is 0. The van der Waals surface area contributed by atoms with Crippen LogP contribution in [0.5, 0.6) is 0 Å². The molecule has 0 amide bonds. The summed E-state index contributed by atoms with van der Waals surface area (Å²) in [5, 5.41) is 11.2. The van der Waals surface area contributed by atoms with Gasteiger partial charge in [0.15, 0.2) is 5.78 Å². The fraction of sp³-hybridized carbons (Fsp3) is 0.636. The molecule has 0 heterocycles. The van der Waals surface area contributed by atoms with Crippen molar-refractivity contribution in [2.45, 2.75) is 39.7 Å². The molecule has 0 aliphatic heterocycles. The first-order chi connectivity index (χ1) is 7.45. The van der Waals surface area contributed by atoms with Gasteiger partial charge in [0, 0.05) is 13.5 Å². The number of aliphatic carboxylic acids is 1. The lowest BCUT2D eigenvalue weighted by atomic mass is 10.1. The Balaban J connectivity index is 0. The lowest BCUT2D eigenvalue weighted by Gasteiger charge is -2.08. The lowest BCUT2D eigenvalue weighted by molar-refractivity contribution is -0.138. The minimum Gasteiger partial charge on any atom is -0.480 e. The SMILES string of the molecule is C=C(NCCCC(N)C(=O)O)C(C)=O.CC. The third kappa shape index (κ3) is 9.21. The zero-order chi connectivity index (χ0) is 13.1. The Bertz CT molecular complexity index is 239. The summed E-state index contributed by atoms with van der Waals surface area (Å²) in [7, 11) is 0. The van der Waals surface area contributed by atoms with Gasteiger partial charge in [-0.3, -0.25) is 9.59 Å². The number of carbonyl (C=O) groups excluding carboxylic acids is 1. The van der Waals surface area contributed by atoms with E-state index in [4.69, 9.17) is 10.8 Å². The van der Waals surface area contributed by atoms with Crippen molar-refractivity contribution >= 4 is 11.8 Å². The van der Waals surface area contributed by atoms with Crippen LogP contribution in [0.2, 0.25) is 0 Å². The Morgan fingerprint density at radius 3 is 2.31 bits per heavy atom. The molecule has 0 aliphatic carbocycles. The molecule has 0 rings (SSSR count). The first-order valence-electron chi connectivity index (χ1n) is 5.37. The second-order valence-corrected chi connectivity index (χ2v) is 3.05. The first-order valence-corrected chi connectivity index (χ1v) is 5.37. The second kappa shape index (κ2) is 10.2. The van der Waals surface area contributed by atoms with E-state index in [0.717, 1.165) is 0 Å². The molecule has 0 bridgehead atoms. The summed E-state index contributed by atoms with van der Waals surface area (Å²) in [6, 6.07) is -0.831. The Hall–Kier alpha value is -1.36. The maximum atomic E-state index is 10.7. The molecule has 0 aromatic rings. The van der Waals surface area contributed by atoms with Gasteiger partial charge in [0.1, 0.15) is 6.04 Å². The number of allylic oxidation sites excluding steroid dienone is 1. The highest BCUT2D eigenvalue weighted by atomic mass is 16.4. The summed E-state index contributed by atoms with van der Waals surface area (Å²) in [6.07, 6.45) is 0.979. The monoisotopic (exact) mass is 230 g/mol. The Kier molecular flexibility index (Phi) is 10.8. The molecule has 0 aromatic carbocycles. The number of carbonyl (C=O) groups is 2. The summed E-state index contributed by atoms with van der Waals surface area (Å²) in [5.41, 5.74) is 5.62. The van der Waals surface area contributed by atoms with Crippen LogP contribution in [0.25, 0.3) is 0 Å². The topological polar surface area (TPSA) is 92.4 Å². The van der Waals surface area contributed by atoms with Crippen LogP contribution in [0.15, 0.2) is 12.3 Å². The molecule has 5 heteroatoms. The predicted molar refractivity (Wildman–Crippen MR) is 64.0 cm³/mol. The van der Waals surface area contributed by atoms with Crippen LogP contribution >= 0.6 is 0 Å². The highest BCUT2D eigenvalue weighted by Crippen LogP contribution is 1.94. The lowest BCUT2D eigenvalue weighted by Crippen LogP contribution is -2.31. The van der Waals surface area contributed by atoms with Crippen LogP contribution in [0.4, 0.5) is 0 Å². The Morgan fingerprint density at radius 2 is 1.94 bits per heavy atom. The van der Waals surface area contributed by atoms with Crippen LogP contribution in [0.1, 0.15) is 33.6 Å². The van der Waals surface area contributed by atoms with E-state index in [0.29, 0.717) is 25.1 Å². The molecular formula is C11H22N2O3. The first kappa shape index (κ1) is 17.0. The number of carboxylic acids is 1. The van der Waals surface area contributed by atoms with Crippen molar-refractivity contribution in [1.29, 1.82) is 0 Å². The number of nitrogens with two attached hydrogens (primary N) is 1. The molecule has 16 heavy (non-hydrogen) atoms. The molecule has 0 aliphatic rings. The molecule has 5 nitrogen and oxygen atoms in total. The molecule has 1 atom stereocenters. The van der Waals surface area contributed by atoms with Crippen LogP contribution in [-0.2, 0) is 9.59 Å². The quantitative estimate of drug-likeness (QED) is 0.446. The van der Waals surface area contributed by atoms with E-state index in [2.05, 4.69) is 11.9 Å². The van der Waals surface area contributed by atoms with Crippen molar-refractivity contribution in [3.05, 3.63) is 12.3 Å². The summed E-state index contributed by atoms with van der Waals surface area (Å²) in [4.78, 5) is 21.0. The zero-order valence-electron chi connectivity index (χ0n) is 10.2. The van der Waals surface area contributed by atoms with Crippen LogP contribution < -0.4 is 11.1 Å². The zero-order valence-corrected chi connectivity index (χ0v) is 10.2. The van der Waals surface area contributed by atoms with Gasteiger partial charge in [0.2, 0.25) is 0 Å². The van der Waals surface area contributed by atoms with Crippen molar-refractivity contribution in [1.82, 2.24) is 5.32 Å². The normalized spacial score (nSPS) is 10.8. The number of hydrogen-bond acceptors (Lipinski definition) is 4. The maximum absolute atomic E-state index is 10.7. The number of rotatable bonds is 7. The van der Waals surface area contributed by atoms with E-state index in [1.165, 1.54) is 6.92 Å². The average molecular weight is 230 g/mol. The predicted octanol–water partition coefficient (Wildman–Crippen LogP) is 0.897. The van der Waals surface area contributed by atoms with Crippen LogP contribution in [-0.4, -0.2) is 29.4 Å². The number of carboxylic acid groups (broad SMARTS) is 1. The molecule has 0 radical (unpaired) electrons. The molecule has 0 spiro atoms. The van der Waals surface area contributed by atoms with E-state index in [1.54, 1.807) is 0 Å². The number of ketones is 1. The highest BCUT2D eigenvalue weighted by Gasteiger charge is 2.10. The van der Waals surface area contributed by atoms with Crippen molar-refractivity contribution in [3.63, 3.8) is 0 Å². The van der Waals surface area contributed by atoms with Gasteiger partial charge < -0.3 is 16.2 Å². The largest absolute Gasteiger partial charge is 0.480 e. The minimum atomic E-state index is -1.00. The number of hydrogen-bond donors (Lipinski definition) is 3. The third-order valence-electron chi connectivity index (χ3n) is 1.77. The standard InChI is InChI=1S/C9H16N2O3.C2H6/c1-6(7(2)12)11-5-3-4-8(10)9(13)14;1-2/h8,11H,1,3-5,10H2,2H3,(H,13,14);1-2H3. The molecule has 0 fully saturated rings. The molecule has 4 N–H and O–H groups in total. The summed E-state index contributed by atoms with van der Waals surface area (Å²) in [6.45, 7) is 9.43. The molecule has 0 aromatic heterocycles. The molecular weight excluding hydrogens is 208 g/mol. The van der Waals surface area contributed by atoms with E-state index >= 15 is 0 Å². The molecule has 0 saturated heterocycles. The second-order valence-electron chi connectivity index (χ2n) is 3.05. The maximum Gasteiger partial charge on any atom is 0.320 e. The summed E-state index contributed by atoms with van der Waals surface area (Å²) in [5.74, 6) is -1.12. The molecule has 1 unspecified atom stereocenters. The van der Waals surface area contributed by atoms with Gasteiger partial charge in [-0.2, -0.15) is 0 Å². The Morgan fingerprint density at radius 1 is 1.44 bits per heavy atom. The van der Waals surface area contributed by atoms with E-state index in [9.17, 15) is 9.59 Å². The van der Waals surface area contributed by atoms with Gasteiger partial charge in [-0.15, -0.1) is 0 Å². The van der Waals surface area contributed by atoms with Crippen LogP contribution in [0, 0.1) is 0 Å². The van der Waals surface area contributed by atoms with Gasteiger partial charge in [0.25, 0.3) is 0 Å². The van der Waals surface area contributed by atoms with E-state index < -0.39 is 12.0 Å². The minimum absolute atomic E-state index is 0.118. The fourth-order valence-corrected chi connectivity index (χ4v) is 0.809. The number of Topliss-reactive ketones (excluding diaryl/α,β-unsaturated/α-hetero) is 1. The van der Waals surface area contributed by atoms with E-state index in [1.807, 2.05) is 13.8 Å². The highest BCUT2D eigenvalue weighted by molar-refractivity contribution is 5.91. The smallest absolute Gasteiger partial charge is 0.320 e. The van der Waals surface area contributed by atoms with Crippen molar-refractivity contribution in [2.24, 2.45) is 5.73 Å². The van der Waals surface area contributed by atoms with Crippen molar-refractivity contribution in [3.8, 4) is 0 Å². The average Bonchev–Trinajstić information content (AvgIpc) is 2.26. The fourth-order valence-electron chi connectivity index (χ4n) is 0.809. The van der Waals surface area contributed by atoms with Gasteiger partial charge in [0.05, 0.1) is 5.70 Å². The Labute approximate surface area is 96.7 Å². The van der Waals surface area contributed by atoms with Crippen molar-refractivity contribution < 1.29 is 14.7 Å². The van der Waals surface area contributed by atoms with Gasteiger partial charge in [-0.05, 0) is 12.8 Å². The van der Waals surface area contributed by atoms with Crippen LogP contribution in [0.3, 0.4) is 0 Å². The third-order valence-corrected chi connectivity index (χ3v) is 1.77. The van der Waals surface area contributed by atoms with Gasteiger partial charge in [-0.1, -0.05) is 20.4 Å².